The summed E-state index contributed by atoms with van der Waals surface area (Å²) in [6.07, 6.45) is 0. The van der Waals surface area contributed by atoms with Gasteiger partial charge in [-0.1, -0.05) is 23.1 Å². The van der Waals surface area contributed by atoms with Gasteiger partial charge >= 0.3 is 0 Å². The molecular weight excluding hydrogens is 313 g/mol. The number of halogens is 1. The molecule has 0 aliphatic rings. The summed E-state index contributed by atoms with van der Waals surface area (Å²) in [4.78, 5) is 0. The van der Waals surface area contributed by atoms with Crippen LogP contribution < -0.4 is 5.32 Å². The number of aryl methyl sites for hydroxylation is 1. The Hall–Kier alpha value is -2.00. The highest BCUT2D eigenvalue weighted by Gasteiger charge is 2.08. The van der Waals surface area contributed by atoms with Crippen molar-refractivity contribution in [2.75, 3.05) is 5.32 Å². The Balaban J connectivity index is 1.59. The molecule has 0 unspecified atom stereocenters. The van der Waals surface area contributed by atoms with Crippen molar-refractivity contribution in [3.8, 4) is 0 Å². The molecule has 0 radical (unpaired) electrons. The number of thioether (sulfide) groups is 1. The molecule has 0 saturated carbocycles. The van der Waals surface area contributed by atoms with E-state index in [-0.39, 0.29) is 5.82 Å². The van der Waals surface area contributed by atoms with E-state index in [0.29, 0.717) is 22.7 Å². The fraction of sp³-hybridized carbons (Fsp3) is 0.167. The largest absolute Gasteiger partial charge is 0.425 e. The number of anilines is 2. The van der Waals surface area contributed by atoms with E-state index in [2.05, 4.69) is 25.7 Å². The monoisotopic (exact) mass is 323 g/mol. The predicted octanol–water partition coefficient (Wildman–Crippen LogP) is 3.40. The SMILES string of the molecule is Cc1nnc(CSc2nnc(Nc3ccc(F)cc3)s2)o1. The molecule has 9 heteroatoms. The molecule has 1 aromatic carbocycles. The van der Waals surface area contributed by atoms with Crippen LogP contribution in [0.2, 0.25) is 0 Å². The van der Waals surface area contributed by atoms with Crippen LogP contribution in [0.3, 0.4) is 0 Å². The van der Waals surface area contributed by atoms with Crippen LogP contribution in [0.4, 0.5) is 15.2 Å². The van der Waals surface area contributed by atoms with E-state index in [0.717, 1.165) is 10.0 Å². The maximum Gasteiger partial charge on any atom is 0.226 e. The molecule has 0 aliphatic heterocycles. The average molecular weight is 323 g/mol. The van der Waals surface area contributed by atoms with Crippen molar-refractivity contribution in [1.29, 1.82) is 0 Å². The quantitative estimate of drug-likeness (QED) is 0.721. The first kappa shape index (κ1) is 14.0. The van der Waals surface area contributed by atoms with Gasteiger partial charge in [0.25, 0.3) is 0 Å². The zero-order chi connectivity index (χ0) is 14.7. The van der Waals surface area contributed by atoms with E-state index < -0.39 is 0 Å². The molecule has 21 heavy (non-hydrogen) atoms. The van der Waals surface area contributed by atoms with Gasteiger partial charge < -0.3 is 9.73 Å². The number of nitrogens with one attached hydrogen (secondary N) is 1. The second-order valence-electron chi connectivity index (χ2n) is 4.01. The fourth-order valence-electron chi connectivity index (χ4n) is 1.49. The normalized spacial score (nSPS) is 10.8. The molecule has 0 atom stereocenters. The smallest absolute Gasteiger partial charge is 0.226 e. The van der Waals surface area contributed by atoms with Crippen LogP contribution in [0.1, 0.15) is 11.8 Å². The van der Waals surface area contributed by atoms with Gasteiger partial charge in [0.1, 0.15) is 5.82 Å². The Morgan fingerprint density at radius 1 is 1.19 bits per heavy atom. The molecule has 0 saturated heterocycles. The second-order valence-corrected chi connectivity index (χ2v) is 6.21. The number of hydrogen-bond acceptors (Lipinski definition) is 8. The first-order valence-electron chi connectivity index (χ1n) is 5.97. The lowest BCUT2D eigenvalue weighted by Gasteiger charge is -2.00. The summed E-state index contributed by atoms with van der Waals surface area (Å²) >= 11 is 2.87. The van der Waals surface area contributed by atoms with Crippen LogP contribution in [0.15, 0.2) is 33.0 Å². The van der Waals surface area contributed by atoms with E-state index in [1.807, 2.05) is 0 Å². The summed E-state index contributed by atoms with van der Waals surface area (Å²) in [7, 11) is 0. The lowest BCUT2D eigenvalue weighted by Crippen LogP contribution is -1.89. The van der Waals surface area contributed by atoms with E-state index >= 15 is 0 Å². The van der Waals surface area contributed by atoms with Gasteiger partial charge in [-0.15, -0.1) is 20.4 Å². The topological polar surface area (TPSA) is 76.7 Å². The fourth-order valence-corrected chi connectivity index (χ4v) is 3.10. The highest BCUT2D eigenvalue weighted by Crippen LogP contribution is 2.29. The van der Waals surface area contributed by atoms with Crippen molar-refractivity contribution < 1.29 is 8.81 Å². The van der Waals surface area contributed by atoms with Gasteiger partial charge in [-0.2, -0.15) is 0 Å². The maximum absolute atomic E-state index is 12.8. The van der Waals surface area contributed by atoms with Gasteiger partial charge in [0, 0.05) is 12.6 Å². The number of aromatic nitrogens is 4. The molecule has 3 aromatic rings. The molecule has 0 spiro atoms. The molecule has 3 rings (SSSR count). The van der Waals surface area contributed by atoms with E-state index in [1.165, 1.54) is 35.2 Å². The Morgan fingerprint density at radius 3 is 2.71 bits per heavy atom. The van der Waals surface area contributed by atoms with Gasteiger partial charge in [-0.25, -0.2) is 4.39 Å². The van der Waals surface area contributed by atoms with Gasteiger partial charge in [0.05, 0.1) is 5.75 Å². The van der Waals surface area contributed by atoms with Gasteiger partial charge in [0.15, 0.2) is 4.34 Å². The molecule has 2 heterocycles. The standard InChI is InChI=1S/C12H10FN5OS2/c1-7-15-16-10(19-7)6-20-12-18-17-11(21-12)14-9-4-2-8(13)3-5-9/h2-5H,6H2,1H3,(H,14,17). The number of benzene rings is 1. The van der Waals surface area contributed by atoms with Crippen molar-refractivity contribution >= 4 is 33.9 Å². The van der Waals surface area contributed by atoms with Crippen LogP contribution >= 0.6 is 23.1 Å². The summed E-state index contributed by atoms with van der Waals surface area (Å²) in [5.74, 6) is 1.37. The Kier molecular flexibility index (Phi) is 4.11. The Bertz CT molecular complexity index is 727. The van der Waals surface area contributed by atoms with E-state index in [1.54, 1.807) is 19.1 Å². The minimum Gasteiger partial charge on any atom is -0.425 e. The molecule has 2 aromatic heterocycles. The van der Waals surface area contributed by atoms with Crippen LogP contribution in [-0.2, 0) is 5.75 Å². The molecule has 0 aliphatic carbocycles. The van der Waals surface area contributed by atoms with E-state index in [4.69, 9.17) is 4.42 Å². The molecule has 6 nitrogen and oxygen atoms in total. The van der Waals surface area contributed by atoms with Crippen LogP contribution in [0, 0.1) is 12.7 Å². The second kappa shape index (κ2) is 6.19. The van der Waals surface area contributed by atoms with Crippen molar-refractivity contribution in [2.24, 2.45) is 0 Å². The lowest BCUT2D eigenvalue weighted by atomic mass is 10.3. The minimum atomic E-state index is -0.274. The zero-order valence-electron chi connectivity index (χ0n) is 10.9. The first-order chi connectivity index (χ1) is 10.2. The summed E-state index contributed by atoms with van der Waals surface area (Å²) < 4.78 is 18.9. The molecule has 1 N–H and O–H groups in total. The highest BCUT2D eigenvalue weighted by molar-refractivity contribution is 8.00. The van der Waals surface area contributed by atoms with Gasteiger partial charge in [-0.05, 0) is 24.3 Å². The third kappa shape index (κ3) is 3.76. The van der Waals surface area contributed by atoms with Crippen molar-refractivity contribution in [2.45, 2.75) is 17.0 Å². The third-order valence-electron chi connectivity index (χ3n) is 2.39. The predicted molar refractivity (Wildman–Crippen MR) is 78.2 cm³/mol. The van der Waals surface area contributed by atoms with Crippen molar-refractivity contribution in [3.05, 3.63) is 41.9 Å². The van der Waals surface area contributed by atoms with Crippen LogP contribution in [0.25, 0.3) is 0 Å². The lowest BCUT2D eigenvalue weighted by molar-refractivity contribution is 0.485. The Labute approximate surface area is 127 Å². The molecule has 0 bridgehead atoms. The zero-order valence-corrected chi connectivity index (χ0v) is 12.5. The number of hydrogen-bond donors (Lipinski definition) is 1. The molecular formula is C12H10FN5OS2. The summed E-state index contributed by atoms with van der Waals surface area (Å²) in [6.45, 7) is 1.75. The molecule has 108 valence electrons. The van der Waals surface area contributed by atoms with Gasteiger partial charge in [0.2, 0.25) is 16.9 Å². The van der Waals surface area contributed by atoms with Crippen molar-refractivity contribution in [3.63, 3.8) is 0 Å². The third-order valence-corrected chi connectivity index (χ3v) is 4.35. The first-order valence-corrected chi connectivity index (χ1v) is 7.77. The summed E-state index contributed by atoms with van der Waals surface area (Å²) in [6, 6.07) is 6.06. The van der Waals surface area contributed by atoms with Gasteiger partial charge in [-0.3, -0.25) is 0 Å². The van der Waals surface area contributed by atoms with Crippen LogP contribution in [-0.4, -0.2) is 20.4 Å². The van der Waals surface area contributed by atoms with E-state index in [9.17, 15) is 4.39 Å². The maximum atomic E-state index is 12.8. The number of nitrogens with zero attached hydrogens (tertiary/aromatic N) is 4. The highest BCUT2D eigenvalue weighted by atomic mass is 32.2. The Morgan fingerprint density at radius 2 is 2.00 bits per heavy atom. The van der Waals surface area contributed by atoms with Crippen molar-refractivity contribution in [1.82, 2.24) is 20.4 Å². The summed E-state index contributed by atoms with van der Waals surface area (Å²) in [5, 5.41) is 19.5. The van der Waals surface area contributed by atoms with Crippen LogP contribution in [0.5, 0.6) is 0 Å². The average Bonchev–Trinajstić information content (AvgIpc) is 3.08. The summed E-state index contributed by atoms with van der Waals surface area (Å²) in [5.41, 5.74) is 0.761. The molecule has 0 amide bonds. The number of rotatable bonds is 5. The molecule has 0 fully saturated rings. The minimum absolute atomic E-state index is 0.274.